The van der Waals surface area contributed by atoms with Crippen LogP contribution in [0.2, 0.25) is 0 Å². The lowest BCUT2D eigenvalue weighted by Gasteiger charge is -2.24. The maximum Gasteiger partial charge on any atom is 0.150 e. The minimum atomic E-state index is -1.34. The topological polar surface area (TPSA) is 35.2 Å². The van der Waals surface area contributed by atoms with Gasteiger partial charge in [0.25, 0.3) is 0 Å². The molecule has 1 unspecified atom stereocenters. The van der Waals surface area contributed by atoms with Crippen molar-refractivity contribution < 1.29 is 9.13 Å². The molecule has 0 radical (unpaired) electrons. The van der Waals surface area contributed by atoms with Gasteiger partial charge in [-0.15, -0.1) is 0 Å². The van der Waals surface area contributed by atoms with Crippen LogP contribution in [0.3, 0.4) is 0 Å². The van der Waals surface area contributed by atoms with Gasteiger partial charge in [-0.25, -0.2) is 4.39 Å². The summed E-state index contributed by atoms with van der Waals surface area (Å²) in [6, 6.07) is 7.26. The Kier molecular flexibility index (Phi) is 3.67. The normalized spacial score (nSPS) is 18.8. The summed E-state index contributed by atoms with van der Waals surface area (Å²) in [5.74, 6) is 0.903. The second-order valence-electron chi connectivity index (χ2n) is 4.71. The third-order valence-corrected chi connectivity index (χ3v) is 3.33. The minimum absolute atomic E-state index is 0.0623. The fraction of sp³-hybridized carbons (Fsp3) is 0.571. The Morgan fingerprint density at radius 3 is 2.47 bits per heavy atom. The highest BCUT2D eigenvalue weighted by molar-refractivity contribution is 5.32. The molecule has 0 amide bonds. The predicted molar refractivity (Wildman–Crippen MR) is 66.8 cm³/mol. The average molecular weight is 237 g/mol. The summed E-state index contributed by atoms with van der Waals surface area (Å²) in [7, 11) is 0. The number of ether oxygens (including phenoxy) is 1. The van der Waals surface area contributed by atoms with E-state index in [4.69, 9.17) is 10.5 Å². The zero-order valence-corrected chi connectivity index (χ0v) is 10.3. The van der Waals surface area contributed by atoms with Crippen LogP contribution in [0, 0.1) is 5.92 Å². The molecule has 0 saturated heterocycles. The van der Waals surface area contributed by atoms with Crippen molar-refractivity contribution in [3.05, 3.63) is 29.8 Å². The van der Waals surface area contributed by atoms with E-state index in [9.17, 15) is 4.39 Å². The standard InChI is InChI=1S/C14H20FNO/c1-2-9-17-13-7-5-12(6-8-13)14(15,10-16)11-3-4-11/h5-8,11H,2-4,9-10,16H2,1H3. The van der Waals surface area contributed by atoms with Crippen LogP contribution >= 0.6 is 0 Å². The number of rotatable bonds is 6. The number of hydrogen-bond donors (Lipinski definition) is 1. The summed E-state index contributed by atoms with van der Waals surface area (Å²) in [6.07, 6.45) is 2.86. The van der Waals surface area contributed by atoms with E-state index in [1.165, 1.54) is 0 Å². The van der Waals surface area contributed by atoms with Gasteiger partial charge in [-0.2, -0.15) is 0 Å². The largest absolute Gasteiger partial charge is 0.494 e. The first-order valence-corrected chi connectivity index (χ1v) is 6.33. The van der Waals surface area contributed by atoms with E-state index in [-0.39, 0.29) is 12.5 Å². The first-order valence-electron chi connectivity index (χ1n) is 6.33. The molecule has 1 atom stereocenters. The zero-order valence-electron chi connectivity index (χ0n) is 10.3. The van der Waals surface area contributed by atoms with Gasteiger partial charge in [0.05, 0.1) is 6.61 Å². The van der Waals surface area contributed by atoms with Gasteiger partial charge < -0.3 is 10.5 Å². The number of alkyl halides is 1. The minimum Gasteiger partial charge on any atom is -0.494 e. The summed E-state index contributed by atoms with van der Waals surface area (Å²) < 4.78 is 20.1. The van der Waals surface area contributed by atoms with Gasteiger partial charge in [-0.1, -0.05) is 19.1 Å². The SMILES string of the molecule is CCCOc1ccc(C(F)(CN)C2CC2)cc1. The Hall–Kier alpha value is -1.09. The molecule has 1 fully saturated rings. The summed E-state index contributed by atoms with van der Waals surface area (Å²) in [6.45, 7) is 2.81. The second kappa shape index (κ2) is 5.05. The van der Waals surface area contributed by atoms with Crippen molar-refractivity contribution in [3.63, 3.8) is 0 Å². The lowest BCUT2D eigenvalue weighted by atomic mass is 9.91. The number of halogens is 1. The van der Waals surface area contributed by atoms with Crippen molar-refractivity contribution in [2.75, 3.05) is 13.2 Å². The molecule has 0 bridgehead atoms. The van der Waals surface area contributed by atoms with Crippen molar-refractivity contribution in [2.45, 2.75) is 31.9 Å². The molecule has 2 N–H and O–H groups in total. The van der Waals surface area contributed by atoms with E-state index < -0.39 is 5.67 Å². The molecular formula is C14H20FNO. The lowest BCUT2D eigenvalue weighted by molar-refractivity contribution is 0.143. The molecule has 0 spiro atoms. The van der Waals surface area contributed by atoms with E-state index in [0.29, 0.717) is 12.2 Å². The highest BCUT2D eigenvalue weighted by atomic mass is 19.1. The highest BCUT2D eigenvalue weighted by Gasteiger charge is 2.46. The van der Waals surface area contributed by atoms with E-state index in [0.717, 1.165) is 25.0 Å². The first-order chi connectivity index (χ1) is 8.20. The van der Waals surface area contributed by atoms with Gasteiger partial charge in [-0.3, -0.25) is 0 Å². The van der Waals surface area contributed by atoms with E-state index in [1.807, 2.05) is 12.1 Å². The summed E-state index contributed by atoms with van der Waals surface area (Å²) in [5, 5.41) is 0. The second-order valence-corrected chi connectivity index (χ2v) is 4.71. The third kappa shape index (κ3) is 2.60. The number of hydrogen-bond acceptors (Lipinski definition) is 2. The van der Waals surface area contributed by atoms with Crippen molar-refractivity contribution >= 4 is 0 Å². The van der Waals surface area contributed by atoms with Crippen molar-refractivity contribution in [1.82, 2.24) is 0 Å². The molecule has 0 aliphatic heterocycles. The van der Waals surface area contributed by atoms with E-state index in [2.05, 4.69) is 6.92 Å². The van der Waals surface area contributed by atoms with Crippen LogP contribution in [0.25, 0.3) is 0 Å². The van der Waals surface area contributed by atoms with Crippen LogP contribution in [0.4, 0.5) is 4.39 Å². The molecule has 1 aliphatic carbocycles. The van der Waals surface area contributed by atoms with Crippen LogP contribution in [-0.2, 0) is 5.67 Å². The van der Waals surface area contributed by atoms with Gasteiger partial charge in [0, 0.05) is 6.54 Å². The zero-order chi connectivity index (χ0) is 12.3. The van der Waals surface area contributed by atoms with Crippen molar-refractivity contribution in [2.24, 2.45) is 11.7 Å². The molecule has 0 aromatic heterocycles. The quantitative estimate of drug-likeness (QED) is 0.825. The van der Waals surface area contributed by atoms with Crippen LogP contribution in [0.1, 0.15) is 31.7 Å². The monoisotopic (exact) mass is 237 g/mol. The lowest BCUT2D eigenvalue weighted by Crippen LogP contribution is -2.32. The maximum atomic E-state index is 14.7. The van der Waals surface area contributed by atoms with Gasteiger partial charge in [0.1, 0.15) is 5.75 Å². The van der Waals surface area contributed by atoms with Crippen LogP contribution < -0.4 is 10.5 Å². The Morgan fingerprint density at radius 2 is 2.00 bits per heavy atom. The summed E-state index contributed by atoms with van der Waals surface area (Å²) >= 11 is 0. The van der Waals surface area contributed by atoms with Gasteiger partial charge in [0.2, 0.25) is 0 Å². The van der Waals surface area contributed by atoms with Gasteiger partial charge in [0.15, 0.2) is 5.67 Å². The molecule has 17 heavy (non-hydrogen) atoms. The van der Waals surface area contributed by atoms with Crippen LogP contribution in [0.15, 0.2) is 24.3 Å². The Balaban J connectivity index is 2.10. The maximum absolute atomic E-state index is 14.7. The molecule has 1 aliphatic rings. The van der Waals surface area contributed by atoms with Crippen molar-refractivity contribution in [3.8, 4) is 5.75 Å². The molecule has 1 saturated carbocycles. The van der Waals surface area contributed by atoms with Crippen LogP contribution in [0.5, 0.6) is 5.75 Å². The summed E-state index contributed by atoms with van der Waals surface area (Å²) in [5.41, 5.74) is 4.93. The van der Waals surface area contributed by atoms with Crippen molar-refractivity contribution in [1.29, 1.82) is 0 Å². The molecule has 1 aromatic rings. The summed E-state index contributed by atoms with van der Waals surface area (Å²) in [4.78, 5) is 0. The molecule has 1 aromatic carbocycles. The number of nitrogens with two attached hydrogens (primary N) is 1. The molecular weight excluding hydrogens is 217 g/mol. The first kappa shape index (κ1) is 12.4. The fourth-order valence-corrected chi connectivity index (χ4v) is 2.11. The van der Waals surface area contributed by atoms with E-state index >= 15 is 0 Å². The molecule has 2 nitrogen and oxygen atoms in total. The van der Waals surface area contributed by atoms with Crippen LogP contribution in [-0.4, -0.2) is 13.2 Å². The molecule has 0 heterocycles. The molecule has 3 heteroatoms. The van der Waals surface area contributed by atoms with Gasteiger partial charge in [-0.05, 0) is 42.9 Å². The smallest absolute Gasteiger partial charge is 0.150 e. The van der Waals surface area contributed by atoms with E-state index in [1.54, 1.807) is 12.1 Å². The Labute approximate surface area is 102 Å². The third-order valence-electron chi connectivity index (χ3n) is 3.33. The van der Waals surface area contributed by atoms with Gasteiger partial charge >= 0.3 is 0 Å². The number of benzene rings is 1. The fourth-order valence-electron chi connectivity index (χ4n) is 2.11. The predicted octanol–water partition coefficient (Wildman–Crippen LogP) is 3.01. The highest BCUT2D eigenvalue weighted by Crippen LogP contribution is 2.48. The Bertz CT molecular complexity index is 361. The average Bonchev–Trinajstić information content (AvgIpc) is 3.20. The molecule has 2 rings (SSSR count). The molecule has 94 valence electrons. The Morgan fingerprint density at radius 1 is 1.35 bits per heavy atom.